The van der Waals surface area contributed by atoms with Crippen LogP contribution in [0, 0.1) is 5.82 Å². The van der Waals surface area contributed by atoms with Crippen LogP contribution in [0.4, 0.5) is 10.1 Å². The number of amides is 1. The molecule has 1 atom stereocenters. The Balaban J connectivity index is 2.20. The molecular formula is C13H15FN2O3S2. The average Bonchev–Trinajstić information content (AvgIpc) is 2.40. The van der Waals surface area contributed by atoms with Crippen molar-refractivity contribution in [2.75, 3.05) is 11.1 Å². The van der Waals surface area contributed by atoms with Crippen molar-refractivity contribution in [2.24, 2.45) is 5.73 Å². The number of hydrogen-bond acceptors (Lipinski definition) is 4. The van der Waals surface area contributed by atoms with Crippen molar-refractivity contribution >= 4 is 38.6 Å². The summed E-state index contributed by atoms with van der Waals surface area (Å²) in [5.41, 5.74) is 5.66. The molecule has 1 unspecified atom stereocenters. The summed E-state index contributed by atoms with van der Waals surface area (Å²) in [7, 11) is -3.41. The van der Waals surface area contributed by atoms with Gasteiger partial charge in [0.2, 0.25) is 5.91 Å². The molecule has 1 saturated heterocycles. The molecule has 5 nitrogen and oxygen atoms in total. The van der Waals surface area contributed by atoms with Gasteiger partial charge in [-0.3, -0.25) is 4.79 Å². The van der Waals surface area contributed by atoms with E-state index < -0.39 is 26.8 Å². The molecule has 1 aromatic carbocycles. The third-order valence-corrected chi connectivity index (χ3v) is 5.76. The first-order valence-corrected chi connectivity index (χ1v) is 8.55. The molecule has 1 aromatic rings. The lowest BCUT2D eigenvalue weighted by molar-refractivity contribution is -0.116. The van der Waals surface area contributed by atoms with E-state index in [9.17, 15) is 17.6 Å². The molecular weight excluding hydrogens is 315 g/mol. The van der Waals surface area contributed by atoms with E-state index in [4.69, 9.17) is 18.0 Å². The third-order valence-electron chi connectivity index (χ3n) is 3.37. The topological polar surface area (TPSA) is 89.3 Å². The fourth-order valence-electron chi connectivity index (χ4n) is 2.26. The van der Waals surface area contributed by atoms with E-state index >= 15 is 0 Å². The molecule has 1 fully saturated rings. The Hall–Kier alpha value is -1.54. The summed E-state index contributed by atoms with van der Waals surface area (Å²) in [5.74, 6) is -1.17. The molecule has 1 aliphatic heterocycles. The first-order valence-electron chi connectivity index (χ1n) is 6.43. The van der Waals surface area contributed by atoms with Crippen LogP contribution in [0.5, 0.6) is 0 Å². The second-order valence-corrected chi connectivity index (χ2v) is 7.64. The molecule has 21 heavy (non-hydrogen) atoms. The van der Waals surface area contributed by atoms with Crippen molar-refractivity contribution < 1.29 is 17.6 Å². The van der Waals surface area contributed by atoms with Crippen LogP contribution in [0.1, 0.15) is 24.8 Å². The first kappa shape index (κ1) is 15.8. The highest BCUT2D eigenvalue weighted by atomic mass is 32.2. The predicted octanol–water partition coefficient (Wildman–Crippen LogP) is 1.37. The zero-order valence-corrected chi connectivity index (χ0v) is 12.8. The standard InChI is InChI=1S/C13H15FN2O3S2/c14-10-5-4-8(7-9(10)12(15)20)16-13(17)11-3-1-2-6-21(11,18)19/h4-5,7,11H,1-3,6H2,(H2,15,20)(H,16,17). The van der Waals surface area contributed by atoms with E-state index in [1.807, 2.05) is 0 Å². The smallest absolute Gasteiger partial charge is 0.242 e. The molecule has 0 spiro atoms. The molecule has 0 aliphatic carbocycles. The van der Waals surface area contributed by atoms with Crippen LogP contribution < -0.4 is 11.1 Å². The average molecular weight is 330 g/mol. The van der Waals surface area contributed by atoms with Crippen molar-refractivity contribution in [1.82, 2.24) is 0 Å². The van der Waals surface area contributed by atoms with E-state index in [0.717, 1.165) is 6.07 Å². The molecule has 0 aromatic heterocycles. The summed E-state index contributed by atoms with van der Waals surface area (Å²) in [5, 5.41) is 1.44. The summed E-state index contributed by atoms with van der Waals surface area (Å²) >= 11 is 4.71. The third kappa shape index (κ3) is 3.56. The van der Waals surface area contributed by atoms with Crippen LogP contribution in [-0.4, -0.2) is 30.3 Å². The van der Waals surface area contributed by atoms with E-state index in [1.165, 1.54) is 12.1 Å². The van der Waals surface area contributed by atoms with Gasteiger partial charge in [-0.2, -0.15) is 0 Å². The summed E-state index contributed by atoms with van der Waals surface area (Å²) in [6, 6.07) is 3.76. The quantitative estimate of drug-likeness (QED) is 0.817. The SMILES string of the molecule is NC(=S)c1cc(NC(=O)C2CCCCS2(=O)=O)ccc1F. The number of thiocarbonyl (C=S) groups is 1. The minimum atomic E-state index is -3.41. The Morgan fingerprint density at radius 1 is 1.38 bits per heavy atom. The molecule has 0 radical (unpaired) electrons. The Morgan fingerprint density at radius 3 is 2.71 bits per heavy atom. The van der Waals surface area contributed by atoms with Crippen LogP contribution >= 0.6 is 12.2 Å². The molecule has 8 heteroatoms. The molecule has 0 saturated carbocycles. The van der Waals surface area contributed by atoms with E-state index in [1.54, 1.807) is 0 Å². The van der Waals surface area contributed by atoms with Crippen LogP contribution in [0.15, 0.2) is 18.2 Å². The Morgan fingerprint density at radius 2 is 2.10 bits per heavy atom. The zero-order chi connectivity index (χ0) is 15.6. The number of carbonyl (C=O) groups is 1. The highest BCUT2D eigenvalue weighted by Gasteiger charge is 2.34. The lowest BCUT2D eigenvalue weighted by Gasteiger charge is -2.21. The molecule has 1 amide bonds. The highest BCUT2D eigenvalue weighted by Crippen LogP contribution is 2.22. The zero-order valence-electron chi connectivity index (χ0n) is 11.1. The van der Waals surface area contributed by atoms with Gasteiger partial charge in [0.05, 0.1) is 5.75 Å². The van der Waals surface area contributed by atoms with Crippen LogP contribution in [-0.2, 0) is 14.6 Å². The van der Waals surface area contributed by atoms with Gasteiger partial charge in [-0.15, -0.1) is 0 Å². The van der Waals surface area contributed by atoms with Gasteiger partial charge in [-0.25, -0.2) is 12.8 Å². The number of benzene rings is 1. The number of rotatable bonds is 3. The van der Waals surface area contributed by atoms with Crippen LogP contribution in [0.2, 0.25) is 0 Å². The number of nitrogens with two attached hydrogens (primary N) is 1. The number of carbonyl (C=O) groups excluding carboxylic acids is 1. The molecule has 1 heterocycles. The van der Waals surface area contributed by atoms with Gasteiger partial charge in [-0.05, 0) is 31.0 Å². The second kappa shape index (κ2) is 6.07. The maximum absolute atomic E-state index is 13.5. The minimum Gasteiger partial charge on any atom is -0.389 e. The minimum absolute atomic E-state index is 0.00861. The maximum Gasteiger partial charge on any atom is 0.242 e. The van der Waals surface area contributed by atoms with E-state index in [0.29, 0.717) is 19.3 Å². The van der Waals surface area contributed by atoms with Crippen molar-refractivity contribution in [2.45, 2.75) is 24.5 Å². The van der Waals surface area contributed by atoms with Crippen LogP contribution in [0.25, 0.3) is 0 Å². The number of sulfone groups is 1. The van der Waals surface area contributed by atoms with Crippen molar-refractivity contribution in [3.8, 4) is 0 Å². The molecule has 2 rings (SSSR count). The lowest BCUT2D eigenvalue weighted by atomic mass is 10.1. The molecule has 3 N–H and O–H groups in total. The maximum atomic E-state index is 13.5. The van der Waals surface area contributed by atoms with E-state index in [2.05, 4.69) is 5.32 Å². The largest absolute Gasteiger partial charge is 0.389 e. The van der Waals surface area contributed by atoms with Gasteiger partial charge in [0.15, 0.2) is 9.84 Å². The molecule has 114 valence electrons. The summed E-state index contributed by atoms with van der Waals surface area (Å²) in [6.45, 7) is 0. The number of nitrogens with one attached hydrogen (secondary N) is 1. The number of halogens is 1. The van der Waals surface area contributed by atoms with Gasteiger partial charge in [-0.1, -0.05) is 18.6 Å². The Bertz CT molecular complexity index is 689. The number of hydrogen-bond donors (Lipinski definition) is 2. The summed E-state index contributed by atoms with van der Waals surface area (Å²) in [4.78, 5) is 12.0. The Kier molecular flexibility index (Phi) is 4.58. The van der Waals surface area contributed by atoms with Crippen LogP contribution in [0.3, 0.4) is 0 Å². The van der Waals surface area contributed by atoms with Gasteiger partial charge >= 0.3 is 0 Å². The lowest BCUT2D eigenvalue weighted by Crippen LogP contribution is -2.39. The van der Waals surface area contributed by atoms with Crippen molar-refractivity contribution in [3.63, 3.8) is 0 Å². The van der Waals surface area contributed by atoms with Gasteiger partial charge < -0.3 is 11.1 Å². The highest BCUT2D eigenvalue weighted by molar-refractivity contribution is 7.92. The second-order valence-electron chi connectivity index (χ2n) is 4.90. The molecule has 0 bridgehead atoms. The summed E-state index contributed by atoms with van der Waals surface area (Å²) in [6.07, 6.45) is 1.57. The van der Waals surface area contributed by atoms with Gasteiger partial charge in [0.25, 0.3) is 0 Å². The van der Waals surface area contributed by atoms with Gasteiger partial charge in [0.1, 0.15) is 16.1 Å². The molecule has 1 aliphatic rings. The van der Waals surface area contributed by atoms with E-state index in [-0.39, 0.29) is 22.0 Å². The van der Waals surface area contributed by atoms with Crippen molar-refractivity contribution in [3.05, 3.63) is 29.6 Å². The monoisotopic (exact) mass is 330 g/mol. The first-order chi connectivity index (χ1) is 9.81. The normalized spacial score (nSPS) is 20.7. The fourth-order valence-corrected chi connectivity index (χ4v) is 4.22. The number of anilines is 1. The fraction of sp³-hybridized carbons (Fsp3) is 0.385. The Labute approximate surface area is 127 Å². The summed E-state index contributed by atoms with van der Waals surface area (Å²) < 4.78 is 37.2. The van der Waals surface area contributed by atoms with Gasteiger partial charge in [0, 0.05) is 11.3 Å². The predicted molar refractivity (Wildman–Crippen MR) is 82.3 cm³/mol. The van der Waals surface area contributed by atoms with Crippen molar-refractivity contribution in [1.29, 1.82) is 0 Å².